The number of aryl methyl sites for hydroxylation is 1. The van der Waals surface area contributed by atoms with Gasteiger partial charge in [0.1, 0.15) is 17.4 Å². The highest BCUT2D eigenvalue weighted by atomic mass is 16.4. The summed E-state index contributed by atoms with van der Waals surface area (Å²) in [4.78, 5) is 47.2. The maximum atomic E-state index is 12.2. The third-order valence-corrected chi connectivity index (χ3v) is 4.57. The Bertz CT molecular complexity index is 994. The molecule has 9 heteroatoms. The number of phenolic OH excluding ortho intramolecular Hbond substituents is 1. The van der Waals surface area contributed by atoms with Gasteiger partial charge in [-0.15, -0.1) is 0 Å². The molecular weight excluding hydrogens is 380 g/mol. The van der Waals surface area contributed by atoms with Crippen LogP contribution >= 0.6 is 0 Å². The van der Waals surface area contributed by atoms with E-state index in [-0.39, 0.29) is 36.6 Å². The van der Waals surface area contributed by atoms with Crippen LogP contribution < -0.4 is 16.3 Å². The molecule has 9 nitrogen and oxygen atoms in total. The number of amides is 2. The molecule has 1 atom stereocenters. The van der Waals surface area contributed by atoms with Crippen molar-refractivity contribution in [3.05, 3.63) is 39.7 Å². The summed E-state index contributed by atoms with van der Waals surface area (Å²) >= 11 is 0. The summed E-state index contributed by atoms with van der Waals surface area (Å²) in [5.74, 6) is -2.54. The van der Waals surface area contributed by atoms with Crippen molar-refractivity contribution in [1.82, 2.24) is 10.6 Å². The number of carbonyl (C=O) groups excluding carboxylic acids is 2. The van der Waals surface area contributed by atoms with Crippen LogP contribution in [0.25, 0.3) is 11.0 Å². The van der Waals surface area contributed by atoms with Gasteiger partial charge in [-0.3, -0.25) is 9.59 Å². The van der Waals surface area contributed by atoms with Gasteiger partial charge in [0.15, 0.2) is 0 Å². The van der Waals surface area contributed by atoms with Crippen molar-refractivity contribution in [3.8, 4) is 5.75 Å². The van der Waals surface area contributed by atoms with E-state index in [0.29, 0.717) is 16.5 Å². The van der Waals surface area contributed by atoms with Gasteiger partial charge in [-0.25, -0.2) is 9.59 Å². The van der Waals surface area contributed by atoms with Crippen LogP contribution in [0.4, 0.5) is 0 Å². The summed E-state index contributed by atoms with van der Waals surface area (Å²) in [7, 11) is 0. The van der Waals surface area contributed by atoms with Gasteiger partial charge in [-0.1, -0.05) is 13.8 Å². The average Bonchev–Trinajstić information content (AvgIpc) is 2.63. The molecule has 0 saturated carbocycles. The van der Waals surface area contributed by atoms with Crippen molar-refractivity contribution in [1.29, 1.82) is 0 Å². The van der Waals surface area contributed by atoms with Crippen molar-refractivity contribution in [2.45, 2.75) is 39.7 Å². The van der Waals surface area contributed by atoms with Gasteiger partial charge in [0.25, 0.3) is 0 Å². The zero-order valence-electron chi connectivity index (χ0n) is 16.4. The van der Waals surface area contributed by atoms with Gasteiger partial charge in [0, 0.05) is 23.4 Å². The van der Waals surface area contributed by atoms with E-state index >= 15 is 0 Å². The number of fused-ring (bicyclic) bond motifs is 1. The van der Waals surface area contributed by atoms with E-state index in [9.17, 15) is 24.3 Å². The van der Waals surface area contributed by atoms with E-state index in [2.05, 4.69) is 10.6 Å². The topological polar surface area (TPSA) is 146 Å². The molecule has 1 aromatic heterocycles. The number of carboxylic acids is 1. The smallest absolute Gasteiger partial charge is 0.339 e. The Labute approximate surface area is 166 Å². The van der Waals surface area contributed by atoms with Crippen LogP contribution in [0.1, 0.15) is 31.4 Å². The summed E-state index contributed by atoms with van der Waals surface area (Å²) in [6, 6.07) is 3.42. The minimum Gasteiger partial charge on any atom is -0.508 e. The SMILES string of the molecule is Cc1c(CCC(=O)NCC(=O)N[C@H](C(=O)O)C(C)C)c(=O)oc2cc(O)ccc12. The molecule has 0 fully saturated rings. The van der Waals surface area contributed by atoms with Gasteiger partial charge in [-0.05, 0) is 37.0 Å². The van der Waals surface area contributed by atoms with Crippen LogP contribution in [-0.2, 0) is 20.8 Å². The predicted molar refractivity (Wildman–Crippen MR) is 105 cm³/mol. The highest BCUT2D eigenvalue weighted by Gasteiger charge is 2.23. The van der Waals surface area contributed by atoms with E-state index < -0.39 is 29.5 Å². The maximum Gasteiger partial charge on any atom is 0.339 e. The normalized spacial score (nSPS) is 12.0. The van der Waals surface area contributed by atoms with E-state index in [1.165, 1.54) is 12.1 Å². The number of phenols is 1. The lowest BCUT2D eigenvalue weighted by molar-refractivity contribution is -0.143. The molecule has 0 unspecified atom stereocenters. The summed E-state index contributed by atoms with van der Waals surface area (Å²) in [5.41, 5.74) is 0.666. The Morgan fingerprint density at radius 3 is 2.48 bits per heavy atom. The second-order valence-electron chi connectivity index (χ2n) is 7.08. The minimum absolute atomic E-state index is 0.0203. The van der Waals surface area contributed by atoms with Crippen molar-refractivity contribution in [2.24, 2.45) is 5.92 Å². The molecule has 1 heterocycles. The number of rotatable bonds is 8. The van der Waals surface area contributed by atoms with E-state index in [0.717, 1.165) is 0 Å². The van der Waals surface area contributed by atoms with Gasteiger partial charge in [0.05, 0.1) is 6.54 Å². The van der Waals surface area contributed by atoms with Gasteiger partial charge in [-0.2, -0.15) is 0 Å². The van der Waals surface area contributed by atoms with Crippen molar-refractivity contribution in [3.63, 3.8) is 0 Å². The second-order valence-corrected chi connectivity index (χ2v) is 7.08. The fourth-order valence-electron chi connectivity index (χ4n) is 2.92. The minimum atomic E-state index is -1.15. The third kappa shape index (κ3) is 5.56. The molecule has 0 aliphatic heterocycles. The predicted octanol–water partition coefficient (Wildman–Crippen LogP) is 1.08. The van der Waals surface area contributed by atoms with E-state index in [1.54, 1.807) is 26.8 Å². The number of carbonyl (C=O) groups is 3. The highest BCUT2D eigenvalue weighted by molar-refractivity contribution is 5.88. The summed E-state index contributed by atoms with van der Waals surface area (Å²) in [5, 5.41) is 24.0. The summed E-state index contributed by atoms with van der Waals surface area (Å²) in [6.07, 6.45) is 0.0667. The number of hydrogen-bond donors (Lipinski definition) is 4. The van der Waals surface area contributed by atoms with E-state index in [4.69, 9.17) is 9.52 Å². The molecule has 1 aromatic carbocycles. The van der Waals surface area contributed by atoms with Crippen LogP contribution in [0.15, 0.2) is 27.4 Å². The Morgan fingerprint density at radius 2 is 1.86 bits per heavy atom. The summed E-state index contributed by atoms with van der Waals surface area (Å²) in [6.45, 7) is 4.70. The first-order chi connectivity index (χ1) is 13.6. The third-order valence-electron chi connectivity index (χ3n) is 4.57. The molecule has 0 saturated heterocycles. The lowest BCUT2D eigenvalue weighted by Crippen LogP contribution is -2.48. The number of nitrogens with one attached hydrogen (secondary N) is 2. The zero-order valence-corrected chi connectivity index (χ0v) is 16.4. The Balaban J connectivity index is 1.96. The maximum absolute atomic E-state index is 12.2. The molecule has 2 amide bonds. The van der Waals surface area contributed by atoms with Crippen LogP contribution in [0.5, 0.6) is 5.75 Å². The summed E-state index contributed by atoms with van der Waals surface area (Å²) < 4.78 is 5.21. The molecular formula is C20H24N2O7. The number of aromatic hydroxyl groups is 1. The molecule has 4 N–H and O–H groups in total. The molecule has 2 rings (SSSR count). The van der Waals surface area contributed by atoms with Gasteiger partial charge in [0.2, 0.25) is 11.8 Å². The molecule has 29 heavy (non-hydrogen) atoms. The Kier molecular flexibility index (Phi) is 6.98. The van der Waals surface area contributed by atoms with E-state index in [1.807, 2.05) is 0 Å². The molecule has 0 spiro atoms. The number of aliphatic carboxylic acids is 1. The fraction of sp³-hybridized carbons (Fsp3) is 0.400. The highest BCUT2D eigenvalue weighted by Crippen LogP contribution is 2.23. The lowest BCUT2D eigenvalue weighted by atomic mass is 10.0. The Hall–Kier alpha value is -3.36. The largest absolute Gasteiger partial charge is 0.508 e. The van der Waals surface area contributed by atoms with Crippen molar-refractivity contribution in [2.75, 3.05) is 6.54 Å². The molecule has 0 radical (unpaired) electrons. The van der Waals surface area contributed by atoms with Crippen LogP contribution in [0, 0.1) is 12.8 Å². The van der Waals surface area contributed by atoms with Crippen molar-refractivity contribution >= 4 is 28.8 Å². The number of benzene rings is 1. The number of carboxylic acid groups (broad SMARTS) is 1. The second kappa shape index (κ2) is 9.22. The first kappa shape index (κ1) is 21.9. The van der Waals surface area contributed by atoms with Crippen LogP contribution in [0.3, 0.4) is 0 Å². The number of hydrogen-bond acceptors (Lipinski definition) is 6. The molecule has 0 aliphatic rings. The standard InChI is InChI=1S/C20H24N2O7/c1-10(2)18(19(26)27)22-17(25)9-21-16(24)7-6-14-11(3)13-5-4-12(23)8-15(13)29-20(14)28/h4-5,8,10,18,23H,6-7,9H2,1-3H3,(H,21,24)(H,22,25)(H,26,27)/t18-/m0/s1. The van der Waals surface area contributed by atoms with Crippen LogP contribution in [-0.4, -0.2) is 40.6 Å². The molecule has 2 aromatic rings. The van der Waals surface area contributed by atoms with Crippen molar-refractivity contribution < 1.29 is 29.0 Å². The Morgan fingerprint density at radius 1 is 1.17 bits per heavy atom. The molecule has 0 bridgehead atoms. The lowest BCUT2D eigenvalue weighted by Gasteiger charge is -2.18. The molecule has 156 valence electrons. The monoisotopic (exact) mass is 404 g/mol. The quantitative estimate of drug-likeness (QED) is 0.482. The first-order valence-electron chi connectivity index (χ1n) is 9.14. The van der Waals surface area contributed by atoms with Gasteiger partial charge < -0.3 is 25.3 Å². The van der Waals surface area contributed by atoms with Gasteiger partial charge >= 0.3 is 11.6 Å². The molecule has 0 aliphatic carbocycles. The first-order valence-corrected chi connectivity index (χ1v) is 9.14. The average molecular weight is 404 g/mol. The zero-order chi connectivity index (χ0) is 21.7. The van der Waals surface area contributed by atoms with Crippen LogP contribution in [0.2, 0.25) is 0 Å². The fourth-order valence-corrected chi connectivity index (χ4v) is 2.92.